The van der Waals surface area contributed by atoms with Crippen molar-refractivity contribution in [1.82, 2.24) is 20.3 Å². The number of carbonyl (C=O) groups excluding carboxylic acids is 1. The first-order valence-corrected chi connectivity index (χ1v) is 10.3. The Morgan fingerprint density at radius 3 is 2.80 bits per heavy atom. The van der Waals surface area contributed by atoms with Crippen LogP contribution < -0.4 is 10.6 Å². The first kappa shape index (κ1) is 20.1. The molecule has 1 aliphatic rings. The number of aryl methyl sites for hydroxylation is 1. The monoisotopic (exact) mass is 423 g/mol. The van der Waals surface area contributed by atoms with Gasteiger partial charge in [-0.25, -0.2) is 15.0 Å². The third-order valence-electron chi connectivity index (χ3n) is 4.97. The molecule has 1 amide bonds. The summed E-state index contributed by atoms with van der Waals surface area (Å²) in [6.07, 6.45) is 5.55. The second kappa shape index (κ2) is 9.09. The summed E-state index contributed by atoms with van der Waals surface area (Å²) in [5, 5.41) is 16.5. The van der Waals surface area contributed by atoms with E-state index in [0.717, 1.165) is 48.3 Å². The Labute approximate surface area is 179 Å². The zero-order valence-electron chi connectivity index (χ0n) is 16.4. The molecule has 0 unspecified atom stereocenters. The van der Waals surface area contributed by atoms with Gasteiger partial charge in [-0.2, -0.15) is 0 Å². The van der Waals surface area contributed by atoms with Crippen molar-refractivity contribution in [3.8, 4) is 17.1 Å². The number of rotatable bonds is 6. The molecule has 3 aromatic rings. The smallest absolute Gasteiger partial charge is 0.273 e. The number of benzene rings is 1. The Bertz CT molecular complexity index is 1070. The molecular formula is C22H22ClN5O2. The van der Waals surface area contributed by atoms with Crippen molar-refractivity contribution in [3.63, 3.8) is 0 Å². The summed E-state index contributed by atoms with van der Waals surface area (Å²) in [6.45, 7) is 0.845. The quantitative estimate of drug-likeness (QED) is 0.523. The maximum Gasteiger partial charge on any atom is 0.273 e. The van der Waals surface area contributed by atoms with Gasteiger partial charge in [-0.3, -0.25) is 4.79 Å². The highest BCUT2D eigenvalue weighted by Crippen LogP contribution is 2.29. The van der Waals surface area contributed by atoms with E-state index in [4.69, 9.17) is 21.6 Å². The van der Waals surface area contributed by atoms with E-state index in [2.05, 4.69) is 15.6 Å². The Morgan fingerprint density at radius 2 is 1.97 bits per heavy atom. The van der Waals surface area contributed by atoms with Gasteiger partial charge in [0.1, 0.15) is 11.6 Å². The average Bonchev–Trinajstić information content (AvgIpc) is 2.76. The first-order valence-electron chi connectivity index (χ1n) is 9.93. The fraction of sp³-hybridized carbons (Fsp3) is 0.273. The van der Waals surface area contributed by atoms with Crippen LogP contribution in [0.2, 0.25) is 5.02 Å². The van der Waals surface area contributed by atoms with Crippen LogP contribution in [0.4, 0.5) is 5.82 Å². The fourth-order valence-corrected chi connectivity index (χ4v) is 3.70. The molecule has 4 rings (SSSR count). The molecule has 3 N–H and O–H groups in total. The Balaban J connectivity index is 1.47. The van der Waals surface area contributed by atoms with Gasteiger partial charge >= 0.3 is 0 Å². The molecule has 0 radical (unpaired) electrons. The lowest BCUT2D eigenvalue weighted by molar-refractivity contribution is 0.0947. The molecule has 154 valence electrons. The highest BCUT2D eigenvalue weighted by Gasteiger charge is 2.19. The number of fused-ring (bicyclic) bond motifs is 1. The van der Waals surface area contributed by atoms with Crippen LogP contribution in [0.15, 0.2) is 42.6 Å². The molecule has 2 aromatic heterocycles. The molecule has 2 heterocycles. The van der Waals surface area contributed by atoms with E-state index in [1.807, 2.05) is 24.3 Å². The van der Waals surface area contributed by atoms with E-state index in [9.17, 15) is 9.90 Å². The number of carbonyl (C=O) groups is 1. The lowest BCUT2D eigenvalue weighted by atomic mass is 9.96. The van der Waals surface area contributed by atoms with Gasteiger partial charge in [0.2, 0.25) is 0 Å². The average molecular weight is 424 g/mol. The van der Waals surface area contributed by atoms with Gasteiger partial charge < -0.3 is 15.7 Å². The van der Waals surface area contributed by atoms with Crippen molar-refractivity contribution in [2.75, 3.05) is 18.4 Å². The van der Waals surface area contributed by atoms with Gasteiger partial charge in [0.15, 0.2) is 11.5 Å². The molecule has 0 saturated heterocycles. The molecule has 7 nitrogen and oxygen atoms in total. The molecule has 1 aliphatic carbocycles. The standard InChI is InChI=1S/C22H22ClN5O2/c23-15-6-3-5-14(13-15)20-27-17-8-2-1-7-16(17)21(28-20)25-11-12-26-22(30)19-18(29)9-4-10-24-19/h3-6,9-10,13,29H,1-2,7-8,11-12H2,(H,26,30)(H,25,27,28). The minimum absolute atomic E-state index is 0.0140. The van der Waals surface area contributed by atoms with E-state index in [1.165, 1.54) is 12.3 Å². The second-order valence-electron chi connectivity index (χ2n) is 7.09. The summed E-state index contributed by atoms with van der Waals surface area (Å²) in [5.41, 5.74) is 3.09. The normalized spacial score (nSPS) is 12.8. The first-order chi connectivity index (χ1) is 14.6. The summed E-state index contributed by atoms with van der Waals surface area (Å²) in [7, 11) is 0. The van der Waals surface area contributed by atoms with Crippen LogP contribution in [0.5, 0.6) is 5.75 Å². The van der Waals surface area contributed by atoms with Crippen LogP contribution in [0, 0.1) is 0 Å². The van der Waals surface area contributed by atoms with Crippen LogP contribution in [0.25, 0.3) is 11.4 Å². The lowest BCUT2D eigenvalue weighted by Gasteiger charge is -2.20. The van der Waals surface area contributed by atoms with Crippen molar-refractivity contribution >= 4 is 23.3 Å². The van der Waals surface area contributed by atoms with Gasteiger partial charge in [-0.15, -0.1) is 0 Å². The Hall–Kier alpha value is -3.19. The highest BCUT2D eigenvalue weighted by atomic mass is 35.5. The maximum atomic E-state index is 12.2. The molecule has 8 heteroatoms. The van der Waals surface area contributed by atoms with Gasteiger partial charge in [-0.1, -0.05) is 23.7 Å². The summed E-state index contributed by atoms with van der Waals surface area (Å²) in [5.74, 6) is 0.880. The van der Waals surface area contributed by atoms with Crippen molar-refractivity contribution in [2.45, 2.75) is 25.7 Å². The summed E-state index contributed by atoms with van der Waals surface area (Å²) in [4.78, 5) is 25.6. The summed E-state index contributed by atoms with van der Waals surface area (Å²) in [6, 6.07) is 10.5. The van der Waals surface area contributed by atoms with Crippen molar-refractivity contribution < 1.29 is 9.90 Å². The molecule has 0 atom stereocenters. The lowest BCUT2D eigenvalue weighted by Crippen LogP contribution is -2.30. The van der Waals surface area contributed by atoms with Gasteiger partial charge in [0.25, 0.3) is 5.91 Å². The summed E-state index contributed by atoms with van der Waals surface area (Å²) >= 11 is 6.14. The minimum atomic E-state index is -0.417. The number of aromatic hydroxyl groups is 1. The highest BCUT2D eigenvalue weighted by molar-refractivity contribution is 6.30. The minimum Gasteiger partial charge on any atom is -0.505 e. The predicted molar refractivity (Wildman–Crippen MR) is 116 cm³/mol. The number of halogens is 1. The van der Waals surface area contributed by atoms with Crippen LogP contribution in [0.1, 0.15) is 34.6 Å². The molecule has 0 spiro atoms. The zero-order chi connectivity index (χ0) is 20.9. The number of nitrogens with one attached hydrogen (secondary N) is 2. The second-order valence-corrected chi connectivity index (χ2v) is 7.53. The topological polar surface area (TPSA) is 100 Å². The number of anilines is 1. The Kier molecular flexibility index (Phi) is 6.09. The van der Waals surface area contributed by atoms with Crippen molar-refractivity contribution in [1.29, 1.82) is 0 Å². The third-order valence-corrected chi connectivity index (χ3v) is 5.21. The van der Waals surface area contributed by atoms with Gasteiger partial charge in [0, 0.05) is 41.1 Å². The summed E-state index contributed by atoms with van der Waals surface area (Å²) < 4.78 is 0. The SMILES string of the molecule is O=C(NCCNc1nc(-c2cccc(Cl)c2)nc2c1CCCC2)c1ncccc1O. The largest absolute Gasteiger partial charge is 0.505 e. The van der Waals surface area contributed by atoms with Crippen LogP contribution in [-0.4, -0.2) is 39.1 Å². The zero-order valence-corrected chi connectivity index (χ0v) is 17.1. The third kappa shape index (κ3) is 4.52. The van der Waals surface area contributed by atoms with Crippen LogP contribution >= 0.6 is 11.6 Å². The number of amides is 1. The fourth-order valence-electron chi connectivity index (χ4n) is 3.51. The molecule has 0 fully saturated rings. The maximum absolute atomic E-state index is 12.2. The number of pyridine rings is 1. The van der Waals surface area contributed by atoms with E-state index in [0.29, 0.717) is 23.9 Å². The molecule has 30 heavy (non-hydrogen) atoms. The van der Waals surface area contributed by atoms with Gasteiger partial charge in [0.05, 0.1) is 0 Å². The van der Waals surface area contributed by atoms with Crippen LogP contribution in [0.3, 0.4) is 0 Å². The van der Waals surface area contributed by atoms with Crippen LogP contribution in [-0.2, 0) is 12.8 Å². The molecule has 0 bridgehead atoms. The number of nitrogens with zero attached hydrogens (tertiary/aromatic N) is 3. The van der Waals surface area contributed by atoms with E-state index < -0.39 is 5.91 Å². The van der Waals surface area contributed by atoms with E-state index >= 15 is 0 Å². The van der Waals surface area contributed by atoms with E-state index in [-0.39, 0.29) is 11.4 Å². The van der Waals surface area contributed by atoms with Crippen molar-refractivity contribution in [2.24, 2.45) is 0 Å². The molecule has 0 aliphatic heterocycles. The number of aromatic nitrogens is 3. The van der Waals surface area contributed by atoms with Gasteiger partial charge in [-0.05, 0) is 49.9 Å². The Morgan fingerprint density at radius 1 is 1.10 bits per heavy atom. The predicted octanol–water partition coefficient (Wildman–Crippen LogP) is 3.62. The van der Waals surface area contributed by atoms with E-state index in [1.54, 1.807) is 6.07 Å². The van der Waals surface area contributed by atoms with Crippen molar-refractivity contribution in [3.05, 3.63) is 64.6 Å². The molecular weight excluding hydrogens is 402 g/mol. The number of hydrogen-bond donors (Lipinski definition) is 3. The molecule has 0 saturated carbocycles. The number of hydrogen-bond acceptors (Lipinski definition) is 6. The molecule has 1 aromatic carbocycles.